The monoisotopic (exact) mass is 321 g/mol. The van der Waals surface area contributed by atoms with E-state index in [0.29, 0.717) is 11.2 Å². The SMILES string of the molecule is CC(C)(C)C(=O)Nc1ccc(B2OC(C)(C)C(C)(C)O2)c(F)c1. The maximum Gasteiger partial charge on any atom is 0.497 e. The molecule has 0 saturated carbocycles. The van der Waals surface area contributed by atoms with Crippen LogP contribution < -0.4 is 10.8 Å². The number of anilines is 1. The second-order valence-corrected chi connectivity index (χ2v) is 8.03. The molecule has 0 bridgehead atoms. The summed E-state index contributed by atoms with van der Waals surface area (Å²) in [7, 11) is -0.757. The van der Waals surface area contributed by atoms with Gasteiger partial charge in [-0.05, 0) is 39.8 Å². The fourth-order valence-electron chi connectivity index (χ4n) is 2.08. The molecule has 4 nitrogen and oxygen atoms in total. The number of carbonyl (C=O) groups excluding carboxylic acids is 1. The van der Waals surface area contributed by atoms with E-state index in [1.165, 1.54) is 6.07 Å². The summed E-state index contributed by atoms with van der Waals surface area (Å²) in [6.07, 6.45) is 0. The third kappa shape index (κ3) is 3.58. The topological polar surface area (TPSA) is 47.6 Å². The van der Waals surface area contributed by atoms with E-state index in [0.717, 1.165) is 0 Å². The highest BCUT2D eigenvalue weighted by molar-refractivity contribution is 6.62. The van der Waals surface area contributed by atoms with E-state index in [1.807, 2.05) is 27.7 Å². The summed E-state index contributed by atoms with van der Waals surface area (Å²) >= 11 is 0. The molecule has 126 valence electrons. The van der Waals surface area contributed by atoms with Gasteiger partial charge in [0, 0.05) is 16.6 Å². The van der Waals surface area contributed by atoms with Crippen LogP contribution in [-0.4, -0.2) is 24.2 Å². The quantitative estimate of drug-likeness (QED) is 0.852. The van der Waals surface area contributed by atoms with Crippen LogP contribution in [0.3, 0.4) is 0 Å². The summed E-state index contributed by atoms with van der Waals surface area (Å²) in [6, 6.07) is 4.55. The molecule has 0 aromatic heterocycles. The molecule has 1 aliphatic heterocycles. The number of carbonyl (C=O) groups is 1. The predicted octanol–water partition coefficient (Wildman–Crippen LogP) is 3.11. The lowest BCUT2D eigenvalue weighted by molar-refractivity contribution is -0.123. The highest BCUT2D eigenvalue weighted by atomic mass is 19.1. The Morgan fingerprint density at radius 1 is 1.13 bits per heavy atom. The Labute approximate surface area is 137 Å². The zero-order valence-corrected chi connectivity index (χ0v) is 14.9. The summed E-state index contributed by atoms with van der Waals surface area (Å²) < 4.78 is 26.2. The number of hydrogen-bond donors (Lipinski definition) is 1. The minimum Gasteiger partial charge on any atom is -0.399 e. The molecule has 2 rings (SSSR count). The number of amides is 1. The fraction of sp³-hybridized carbons (Fsp3) is 0.588. The Kier molecular flexibility index (Phi) is 4.37. The van der Waals surface area contributed by atoms with Gasteiger partial charge >= 0.3 is 7.12 Å². The van der Waals surface area contributed by atoms with Crippen molar-refractivity contribution in [2.75, 3.05) is 5.32 Å². The Balaban J connectivity index is 2.20. The number of hydrogen-bond acceptors (Lipinski definition) is 3. The van der Waals surface area contributed by atoms with Crippen LogP contribution >= 0.6 is 0 Å². The molecule has 6 heteroatoms. The molecule has 0 unspecified atom stereocenters. The van der Waals surface area contributed by atoms with Gasteiger partial charge in [0.05, 0.1) is 11.2 Å². The summed E-state index contributed by atoms with van der Waals surface area (Å²) in [4.78, 5) is 12.0. The first-order valence-electron chi connectivity index (χ1n) is 7.80. The first kappa shape index (κ1) is 18.0. The maximum atomic E-state index is 14.4. The molecule has 1 aromatic rings. The molecule has 23 heavy (non-hydrogen) atoms. The van der Waals surface area contributed by atoms with Crippen molar-refractivity contribution in [3.8, 4) is 0 Å². The van der Waals surface area contributed by atoms with Crippen molar-refractivity contribution >= 4 is 24.2 Å². The molecule has 1 N–H and O–H groups in total. The molecule has 0 radical (unpaired) electrons. The third-order valence-electron chi connectivity index (χ3n) is 4.45. The van der Waals surface area contributed by atoms with Gasteiger partial charge in [0.2, 0.25) is 5.91 Å². The van der Waals surface area contributed by atoms with Crippen molar-refractivity contribution in [1.29, 1.82) is 0 Å². The van der Waals surface area contributed by atoms with E-state index >= 15 is 0 Å². The number of rotatable bonds is 2. The van der Waals surface area contributed by atoms with E-state index in [-0.39, 0.29) is 5.91 Å². The Morgan fingerprint density at radius 2 is 1.65 bits per heavy atom. The van der Waals surface area contributed by atoms with Crippen molar-refractivity contribution in [2.45, 2.75) is 59.7 Å². The van der Waals surface area contributed by atoms with E-state index in [2.05, 4.69) is 5.32 Å². The van der Waals surface area contributed by atoms with Gasteiger partial charge in [0.25, 0.3) is 0 Å². The molecular weight excluding hydrogens is 296 g/mol. The van der Waals surface area contributed by atoms with Crippen LogP contribution in [0.5, 0.6) is 0 Å². The first-order chi connectivity index (χ1) is 10.3. The highest BCUT2D eigenvalue weighted by Gasteiger charge is 2.52. The van der Waals surface area contributed by atoms with E-state index in [9.17, 15) is 9.18 Å². The fourth-order valence-corrected chi connectivity index (χ4v) is 2.08. The van der Waals surface area contributed by atoms with Crippen LogP contribution in [0.1, 0.15) is 48.5 Å². The molecule has 0 spiro atoms. The van der Waals surface area contributed by atoms with Crippen LogP contribution in [0, 0.1) is 11.2 Å². The van der Waals surface area contributed by atoms with Gasteiger partial charge in [-0.25, -0.2) is 4.39 Å². The second-order valence-electron chi connectivity index (χ2n) is 8.03. The number of nitrogens with one attached hydrogen (secondary N) is 1. The smallest absolute Gasteiger partial charge is 0.399 e. The first-order valence-corrected chi connectivity index (χ1v) is 7.80. The summed E-state index contributed by atoms with van der Waals surface area (Å²) in [5.41, 5.74) is -0.840. The molecular formula is C17H25BFNO3. The highest BCUT2D eigenvalue weighted by Crippen LogP contribution is 2.36. The van der Waals surface area contributed by atoms with E-state index in [1.54, 1.807) is 32.9 Å². The standard InChI is InChI=1S/C17H25BFNO3/c1-15(2,3)14(21)20-11-8-9-12(13(19)10-11)18-22-16(4,5)17(6,7)23-18/h8-10H,1-7H3,(H,20,21). The molecule has 1 fully saturated rings. The van der Waals surface area contributed by atoms with Crippen molar-refractivity contribution in [1.82, 2.24) is 0 Å². The van der Waals surface area contributed by atoms with Gasteiger partial charge in [-0.15, -0.1) is 0 Å². The lowest BCUT2D eigenvalue weighted by atomic mass is 9.78. The van der Waals surface area contributed by atoms with Crippen molar-refractivity contribution in [3.05, 3.63) is 24.0 Å². The van der Waals surface area contributed by atoms with Gasteiger partial charge in [0.1, 0.15) is 5.82 Å². The average Bonchev–Trinajstić information content (AvgIpc) is 2.57. The van der Waals surface area contributed by atoms with Gasteiger partial charge in [-0.3, -0.25) is 4.79 Å². The van der Waals surface area contributed by atoms with Crippen molar-refractivity contribution in [2.24, 2.45) is 5.41 Å². The number of halogens is 1. The predicted molar refractivity (Wildman–Crippen MR) is 90.2 cm³/mol. The summed E-state index contributed by atoms with van der Waals surface area (Å²) in [5.74, 6) is -0.629. The van der Waals surface area contributed by atoms with E-state index < -0.39 is 29.6 Å². The van der Waals surface area contributed by atoms with Crippen LogP contribution in [0.4, 0.5) is 10.1 Å². The lowest BCUT2D eigenvalue weighted by Gasteiger charge is -2.32. The third-order valence-corrected chi connectivity index (χ3v) is 4.45. The zero-order valence-electron chi connectivity index (χ0n) is 14.9. The molecule has 0 atom stereocenters. The maximum absolute atomic E-state index is 14.4. The second kappa shape index (κ2) is 5.60. The molecule has 1 heterocycles. The largest absolute Gasteiger partial charge is 0.497 e. The molecule has 1 aromatic carbocycles. The van der Waals surface area contributed by atoms with Crippen LogP contribution in [-0.2, 0) is 14.1 Å². The Hall–Kier alpha value is -1.40. The molecule has 1 aliphatic rings. The minimum absolute atomic E-state index is 0.166. The van der Waals surface area contributed by atoms with Gasteiger partial charge in [-0.2, -0.15) is 0 Å². The molecule has 1 amide bonds. The van der Waals surface area contributed by atoms with Crippen LogP contribution in [0.2, 0.25) is 0 Å². The van der Waals surface area contributed by atoms with Gasteiger partial charge in [0.15, 0.2) is 0 Å². The number of benzene rings is 1. The van der Waals surface area contributed by atoms with E-state index in [4.69, 9.17) is 9.31 Å². The normalized spacial score (nSPS) is 19.7. The minimum atomic E-state index is -0.757. The summed E-state index contributed by atoms with van der Waals surface area (Å²) in [6.45, 7) is 13.1. The van der Waals surface area contributed by atoms with Crippen molar-refractivity contribution < 1.29 is 18.5 Å². The van der Waals surface area contributed by atoms with Gasteiger partial charge in [-0.1, -0.05) is 26.8 Å². The average molecular weight is 321 g/mol. The molecule has 1 saturated heterocycles. The van der Waals surface area contributed by atoms with Crippen molar-refractivity contribution in [3.63, 3.8) is 0 Å². The lowest BCUT2D eigenvalue weighted by Crippen LogP contribution is -2.41. The van der Waals surface area contributed by atoms with Gasteiger partial charge < -0.3 is 14.6 Å². The zero-order chi connectivity index (χ0) is 17.6. The molecule has 0 aliphatic carbocycles. The van der Waals surface area contributed by atoms with Crippen LogP contribution in [0.15, 0.2) is 18.2 Å². The summed E-state index contributed by atoms with van der Waals surface area (Å²) in [5, 5.41) is 2.71. The Morgan fingerprint density at radius 3 is 2.09 bits per heavy atom. The van der Waals surface area contributed by atoms with Crippen LogP contribution in [0.25, 0.3) is 0 Å². The Bertz CT molecular complexity index is 607.